The van der Waals surface area contributed by atoms with Gasteiger partial charge in [0, 0.05) is 30.6 Å². The molecule has 0 saturated heterocycles. The Morgan fingerprint density at radius 3 is 2.82 bits per heavy atom. The molecule has 1 atom stereocenters. The van der Waals surface area contributed by atoms with E-state index in [0.717, 1.165) is 18.7 Å². The highest BCUT2D eigenvalue weighted by Crippen LogP contribution is 2.26. The summed E-state index contributed by atoms with van der Waals surface area (Å²) in [7, 11) is 1.96. The van der Waals surface area contributed by atoms with E-state index in [1.807, 2.05) is 29.3 Å². The van der Waals surface area contributed by atoms with Gasteiger partial charge in [-0.15, -0.1) is 11.3 Å². The molecule has 2 aromatic heterocycles. The van der Waals surface area contributed by atoms with E-state index in [4.69, 9.17) is 0 Å². The van der Waals surface area contributed by atoms with Gasteiger partial charge < -0.3 is 5.32 Å². The highest BCUT2D eigenvalue weighted by Gasteiger charge is 2.15. The largest absolute Gasteiger partial charge is 0.309 e. The molecule has 92 valence electrons. The first-order chi connectivity index (χ1) is 8.20. The van der Waals surface area contributed by atoms with E-state index in [9.17, 15) is 0 Å². The van der Waals surface area contributed by atoms with Gasteiger partial charge in [0.2, 0.25) is 0 Å². The topological polar surface area (TPSA) is 29.9 Å². The van der Waals surface area contributed by atoms with Crippen LogP contribution < -0.4 is 5.32 Å². The number of aromatic nitrogens is 2. The van der Waals surface area contributed by atoms with Crippen molar-refractivity contribution in [2.45, 2.75) is 26.3 Å². The third-order valence-corrected chi connectivity index (χ3v) is 3.98. The maximum atomic E-state index is 4.45. The van der Waals surface area contributed by atoms with Crippen LogP contribution in [0.1, 0.15) is 29.1 Å². The van der Waals surface area contributed by atoms with Crippen molar-refractivity contribution in [1.82, 2.24) is 15.1 Å². The summed E-state index contributed by atoms with van der Waals surface area (Å²) in [5.41, 5.74) is 2.52. The summed E-state index contributed by atoms with van der Waals surface area (Å²) in [6.45, 7) is 5.30. The minimum atomic E-state index is 0.384. The SMILES string of the molecule is CCNC(Cc1ccn(C)n1)c1sccc1C. The molecular weight excluding hydrogens is 230 g/mol. The van der Waals surface area contributed by atoms with Crippen LogP contribution in [0.15, 0.2) is 23.7 Å². The van der Waals surface area contributed by atoms with Crippen molar-refractivity contribution >= 4 is 11.3 Å². The number of nitrogens with zero attached hydrogens (tertiary/aromatic N) is 2. The minimum absolute atomic E-state index is 0.384. The average molecular weight is 249 g/mol. The number of nitrogens with one attached hydrogen (secondary N) is 1. The van der Waals surface area contributed by atoms with Gasteiger partial charge in [-0.1, -0.05) is 6.92 Å². The molecule has 0 aliphatic rings. The first kappa shape index (κ1) is 12.3. The summed E-state index contributed by atoms with van der Waals surface area (Å²) in [5, 5.41) is 10.2. The molecule has 0 spiro atoms. The number of rotatable bonds is 5. The Morgan fingerprint density at radius 1 is 1.47 bits per heavy atom. The smallest absolute Gasteiger partial charge is 0.0643 e. The Morgan fingerprint density at radius 2 is 2.29 bits per heavy atom. The van der Waals surface area contributed by atoms with Crippen LogP contribution in [0.5, 0.6) is 0 Å². The van der Waals surface area contributed by atoms with Gasteiger partial charge in [0.25, 0.3) is 0 Å². The Bertz CT molecular complexity index is 472. The molecule has 0 aliphatic heterocycles. The van der Waals surface area contributed by atoms with Crippen LogP contribution in [0.4, 0.5) is 0 Å². The van der Waals surface area contributed by atoms with Gasteiger partial charge in [0.05, 0.1) is 5.69 Å². The van der Waals surface area contributed by atoms with E-state index in [0.29, 0.717) is 6.04 Å². The predicted molar refractivity (Wildman–Crippen MR) is 72.4 cm³/mol. The Balaban J connectivity index is 2.15. The van der Waals surface area contributed by atoms with Gasteiger partial charge in [-0.05, 0) is 36.5 Å². The van der Waals surface area contributed by atoms with Gasteiger partial charge in [-0.3, -0.25) is 4.68 Å². The second-order valence-corrected chi connectivity index (χ2v) is 5.21. The normalized spacial score (nSPS) is 12.9. The molecule has 0 aliphatic carbocycles. The summed E-state index contributed by atoms with van der Waals surface area (Å²) in [6, 6.07) is 4.66. The van der Waals surface area contributed by atoms with Crippen LogP contribution in [0.25, 0.3) is 0 Å². The van der Waals surface area contributed by atoms with E-state index in [-0.39, 0.29) is 0 Å². The van der Waals surface area contributed by atoms with Crippen LogP contribution in [0, 0.1) is 6.92 Å². The molecule has 1 N–H and O–H groups in total. The minimum Gasteiger partial charge on any atom is -0.309 e. The lowest BCUT2D eigenvalue weighted by Crippen LogP contribution is -2.23. The maximum absolute atomic E-state index is 4.45. The lowest BCUT2D eigenvalue weighted by atomic mass is 10.1. The van der Waals surface area contributed by atoms with Gasteiger partial charge in [0.1, 0.15) is 0 Å². The van der Waals surface area contributed by atoms with Crippen LogP contribution >= 0.6 is 11.3 Å². The molecule has 0 bridgehead atoms. The molecule has 0 fully saturated rings. The van der Waals surface area contributed by atoms with E-state index < -0.39 is 0 Å². The molecule has 3 nitrogen and oxygen atoms in total. The zero-order valence-corrected chi connectivity index (χ0v) is 11.4. The standard InChI is InChI=1S/C13H19N3S/c1-4-14-12(13-10(2)6-8-17-13)9-11-5-7-16(3)15-11/h5-8,12,14H,4,9H2,1-3H3. The number of aryl methyl sites for hydroxylation is 2. The first-order valence-corrected chi connectivity index (χ1v) is 6.84. The van der Waals surface area contributed by atoms with Crippen LogP contribution in [0.3, 0.4) is 0 Å². The number of likely N-dealkylation sites (N-methyl/N-ethyl adjacent to an activating group) is 1. The summed E-state index contributed by atoms with van der Waals surface area (Å²) < 4.78 is 1.86. The maximum Gasteiger partial charge on any atom is 0.0643 e. The molecule has 17 heavy (non-hydrogen) atoms. The third-order valence-electron chi connectivity index (χ3n) is 2.85. The van der Waals surface area contributed by atoms with Gasteiger partial charge in [-0.2, -0.15) is 5.10 Å². The molecule has 0 aromatic carbocycles. The van der Waals surface area contributed by atoms with E-state index in [1.54, 1.807) is 0 Å². The van der Waals surface area contributed by atoms with E-state index in [2.05, 4.69) is 41.8 Å². The molecule has 2 heterocycles. The van der Waals surface area contributed by atoms with Crippen molar-refractivity contribution in [2.24, 2.45) is 7.05 Å². The van der Waals surface area contributed by atoms with Crippen molar-refractivity contribution in [3.8, 4) is 0 Å². The molecule has 0 saturated carbocycles. The zero-order chi connectivity index (χ0) is 12.3. The van der Waals surface area contributed by atoms with Crippen LogP contribution in [-0.2, 0) is 13.5 Å². The van der Waals surface area contributed by atoms with Crippen molar-refractivity contribution < 1.29 is 0 Å². The molecule has 0 amide bonds. The predicted octanol–water partition coefficient (Wildman–Crippen LogP) is 2.68. The van der Waals surface area contributed by atoms with Gasteiger partial charge in [0.15, 0.2) is 0 Å². The quantitative estimate of drug-likeness (QED) is 0.883. The fraction of sp³-hybridized carbons (Fsp3) is 0.462. The van der Waals surface area contributed by atoms with Crippen molar-refractivity contribution in [3.05, 3.63) is 39.8 Å². The second kappa shape index (κ2) is 5.47. The number of hydrogen-bond acceptors (Lipinski definition) is 3. The highest BCUT2D eigenvalue weighted by atomic mass is 32.1. The Kier molecular flexibility index (Phi) is 3.97. The lowest BCUT2D eigenvalue weighted by molar-refractivity contribution is 0.545. The monoisotopic (exact) mass is 249 g/mol. The van der Waals surface area contributed by atoms with Crippen molar-refractivity contribution in [1.29, 1.82) is 0 Å². The first-order valence-electron chi connectivity index (χ1n) is 5.96. The summed E-state index contributed by atoms with van der Waals surface area (Å²) in [6.07, 6.45) is 2.95. The fourth-order valence-electron chi connectivity index (χ4n) is 2.03. The zero-order valence-electron chi connectivity index (χ0n) is 10.6. The third kappa shape index (κ3) is 2.96. The number of hydrogen-bond donors (Lipinski definition) is 1. The number of thiophene rings is 1. The van der Waals surface area contributed by atoms with E-state index in [1.165, 1.54) is 10.4 Å². The molecule has 2 aromatic rings. The molecular formula is C13H19N3S. The second-order valence-electron chi connectivity index (χ2n) is 4.26. The van der Waals surface area contributed by atoms with Crippen molar-refractivity contribution in [3.63, 3.8) is 0 Å². The Hall–Kier alpha value is -1.13. The van der Waals surface area contributed by atoms with Crippen molar-refractivity contribution in [2.75, 3.05) is 6.54 Å². The van der Waals surface area contributed by atoms with Crippen LogP contribution in [-0.4, -0.2) is 16.3 Å². The summed E-state index contributed by atoms with van der Waals surface area (Å²) in [5.74, 6) is 0. The average Bonchev–Trinajstić information content (AvgIpc) is 2.87. The van der Waals surface area contributed by atoms with Crippen LogP contribution in [0.2, 0.25) is 0 Å². The molecule has 4 heteroatoms. The fourth-order valence-corrected chi connectivity index (χ4v) is 3.03. The van der Waals surface area contributed by atoms with E-state index >= 15 is 0 Å². The molecule has 2 rings (SSSR count). The highest BCUT2D eigenvalue weighted by molar-refractivity contribution is 7.10. The lowest BCUT2D eigenvalue weighted by Gasteiger charge is -2.16. The van der Waals surface area contributed by atoms with Gasteiger partial charge >= 0.3 is 0 Å². The summed E-state index contributed by atoms with van der Waals surface area (Å²) >= 11 is 1.83. The molecule has 0 radical (unpaired) electrons. The van der Waals surface area contributed by atoms with Gasteiger partial charge in [-0.25, -0.2) is 0 Å². The Labute approximate surface area is 106 Å². The molecule has 1 unspecified atom stereocenters. The summed E-state index contributed by atoms with van der Waals surface area (Å²) in [4.78, 5) is 1.43.